The number of amides is 1. The molecule has 0 aliphatic carbocycles. The average Bonchev–Trinajstić information content (AvgIpc) is 2.70. The molecular weight excluding hydrogens is 480 g/mol. The van der Waals surface area contributed by atoms with Crippen LogP contribution < -0.4 is 10.1 Å². The molecule has 0 heterocycles. The van der Waals surface area contributed by atoms with Crippen LogP contribution in [-0.4, -0.2) is 50.5 Å². The number of hydrogen-bond acceptors (Lipinski definition) is 7. The van der Waals surface area contributed by atoms with Gasteiger partial charge in [0.1, 0.15) is 11.4 Å². The lowest BCUT2D eigenvalue weighted by Crippen LogP contribution is -2.43. The summed E-state index contributed by atoms with van der Waals surface area (Å²) in [5.41, 5.74) is 1.45. The first-order chi connectivity index (χ1) is 16.5. The van der Waals surface area contributed by atoms with E-state index in [1.54, 1.807) is 47.8 Å². The number of methoxy groups -OCH3 is 1. The van der Waals surface area contributed by atoms with Crippen molar-refractivity contribution in [1.29, 1.82) is 5.41 Å². The molecule has 1 aromatic rings. The van der Waals surface area contributed by atoms with E-state index < -0.39 is 27.6 Å². The summed E-state index contributed by atoms with van der Waals surface area (Å²) in [5.74, 6) is 0.383. The quantitative estimate of drug-likeness (QED) is 0.260. The number of hydrogen-bond donors (Lipinski definition) is 2. The van der Waals surface area contributed by atoms with E-state index in [9.17, 15) is 18.0 Å². The van der Waals surface area contributed by atoms with Crippen LogP contribution in [0.1, 0.15) is 83.4 Å². The number of alkyl carbamates (subject to hydrolysis) is 1. The predicted molar refractivity (Wildman–Crippen MR) is 143 cm³/mol. The molecule has 1 atom stereocenters. The highest BCUT2D eigenvalue weighted by Gasteiger charge is 2.26. The molecule has 0 saturated heterocycles. The van der Waals surface area contributed by atoms with Crippen molar-refractivity contribution in [2.45, 2.75) is 104 Å². The number of ether oxygens (including phenoxy) is 2. The lowest BCUT2D eigenvalue weighted by Gasteiger charge is -2.23. The molecular formula is C27H44N2O6S. The number of nitrogens with one attached hydrogen (secondary N) is 2. The van der Waals surface area contributed by atoms with E-state index in [1.165, 1.54) is 0 Å². The number of aryl methyl sites for hydroxylation is 1. The molecule has 2 N–H and O–H groups in total. The summed E-state index contributed by atoms with van der Waals surface area (Å²) in [7, 11) is -2.14. The molecule has 1 rings (SSSR count). The van der Waals surface area contributed by atoms with Crippen LogP contribution in [0.25, 0.3) is 0 Å². The van der Waals surface area contributed by atoms with Gasteiger partial charge in [-0.15, -0.1) is 0 Å². The number of Topliss-reactive ketones (excluding diaryl/α,β-unsaturated/α-hetero) is 1. The van der Waals surface area contributed by atoms with Gasteiger partial charge in [0.15, 0.2) is 15.6 Å². The summed E-state index contributed by atoms with van der Waals surface area (Å²) in [6.45, 7) is 14.5. The largest absolute Gasteiger partial charge is 0.496 e. The minimum atomic E-state index is -3.69. The molecule has 0 aliphatic heterocycles. The van der Waals surface area contributed by atoms with Crippen LogP contribution in [0, 0.1) is 32.1 Å². The Morgan fingerprint density at radius 3 is 2.22 bits per heavy atom. The van der Waals surface area contributed by atoms with Gasteiger partial charge in [0.05, 0.1) is 23.8 Å². The van der Waals surface area contributed by atoms with E-state index in [0.29, 0.717) is 49.0 Å². The van der Waals surface area contributed by atoms with E-state index in [-0.39, 0.29) is 28.1 Å². The van der Waals surface area contributed by atoms with Gasteiger partial charge in [-0.05, 0) is 89.5 Å². The number of rotatable bonds is 13. The number of benzene rings is 1. The van der Waals surface area contributed by atoms with Crippen molar-refractivity contribution < 1.29 is 27.5 Å². The standard InChI is InChI=1S/C27H44N2O6S/c1-17(2)14-23(30)22(29-26(31)35-27(6,7)8)13-11-10-12-21(28)16-36(32,33)25-18(3)15-24(34-9)19(4)20(25)5/h15,17,22,28H,10-14,16H2,1-9H3,(H,29,31). The van der Waals surface area contributed by atoms with Gasteiger partial charge in [0.25, 0.3) is 0 Å². The Bertz CT molecular complexity index is 1060. The van der Waals surface area contributed by atoms with Crippen molar-refractivity contribution in [2.75, 3.05) is 12.9 Å². The first kappa shape index (κ1) is 31.6. The van der Waals surface area contributed by atoms with E-state index in [2.05, 4.69) is 5.32 Å². The van der Waals surface area contributed by atoms with Crippen LogP contribution in [0.4, 0.5) is 4.79 Å². The maximum atomic E-state index is 13.1. The van der Waals surface area contributed by atoms with Gasteiger partial charge >= 0.3 is 6.09 Å². The molecule has 0 fully saturated rings. The summed E-state index contributed by atoms with van der Waals surface area (Å²) in [6.07, 6.45) is 1.50. The number of ketones is 1. The summed E-state index contributed by atoms with van der Waals surface area (Å²) in [4.78, 5) is 25.1. The molecule has 1 amide bonds. The Labute approximate surface area is 217 Å². The van der Waals surface area contributed by atoms with Crippen LogP contribution in [0.5, 0.6) is 5.75 Å². The maximum Gasteiger partial charge on any atom is 0.408 e. The zero-order valence-electron chi connectivity index (χ0n) is 23.3. The fraction of sp³-hybridized carbons (Fsp3) is 0.667. The lowest BCUT2D eigenvalue weighted by molar-refractivity contribution is -0.122. The molecule has 1 unspecified atom stereocenters. The third-order valence-electron chi connectivity index (χ3n) is 5.78. The average molecular weight is 525 g/mol. The molecule has 204 valence electrons. The van der Waals surface area contributed by atoms with Gasteiger partial charge in [-0.3, -0.25) is 4.79 Å². The Morgan fingerprint density at radius 2 is 1.69 bits per heavy atom. The van der Waals surface area contributed by atoms with Crippen LogP contribution in [0.3, 0.4) is 0 Å². The second kappa shape index (κ2) is 13.2. The van der Waals surface area contributed by atoms with Gasteiger partial charge < -0.3 is 20.2 Å². The van der Waals surface area contributed by atoms with E-state index >= 15 is 0 Å². The van der Waals surface area contributed by atoms with Gasteiger partial charge in [-0.1, -0.05) is 20.3 Å². The molecule has 0 saturated carbocycles. The van der Waals surface area contributed by atoms with Gasteiger partial charge in [0, 0.05) is 12.1 Å². The van der Waals surface area contributed by atoms with Crippen LogP contribution in [-0.2, 0) is 19.4 Å². The van der Waals surface area contributed by atoms with E-state index in [0.717, 1.165) is 5.56 Å². The highest BCUT2D eigenvalue weighted by molar-refractivity contribution is 7.92. The third kappa shape index (κ3) is 9.91. The summed E-state index contributed by atoms with van der Waals surface area (Å²) >= 11 is 0. The number of sulfone groups is 1. The number of unbranched alkanes of at least 4 members (excludes halogenated alkanes) is 1. The molecule has 0 bridgehead atoms. The summed E-state index contributed by atoms with van der Waals surface area (Å²) in [5, 5.41) is 11.0. The van der Waals surface area contributed by atoms with Gasteiger partial charge in [0.2, 0.25) is 0 Å². The van der Waals surface area contributed by atoms with Gasteiger partial charge in [-0.25, -0.2) is 13.2 Å². The minimum absolute atomic E-state index is 0.0608. The normalized spacial score (nSPS) is 12.8. The van der Waals surface area contributed by atoms with Crippen LogP contribution in [0.2, 0.25) is 0 Å². The van der Waals surface area contributed by atoms with E-state index in [1.807, 2.05) is 20.8 Å². The SMILES string of the molecule is COc1cc(C)c(S(=O)(=O)CC(=N)CCCCC(NC(=O)OC(C)(C)C)C(=O)CC(C)C)c(C)c1C. The second-order valence-electron chi connectivity index (χ2n) is 10.8. The maximum absolute atomic E-state index is 13.1. The highest BCUT2D eigenvalue weighted by atomic mass is 32.2. The first-order valence-corrected chi connectivity index (χ1v) is 14.1. The Hall–Kier alpha value is -2.42. The first-order valence-electron chi connectivity index (χ1n) is 12.4. The van der Waals surface area contributed by atoms with Crippen LogP contribution in [0.15, 0.2) is 11.0 Å². The molecule has 0 aromatic heterocycles. The molecule has 36 heavy (non-hydrogen) atoms. The van der Waals surface area contributed by atoms with Crippen molar-refractivity contribution in [1.82, 2.24) is 5.32 Å². The van der Waals surface area contributed by atoms with Crippen molar-refractivity contribution in [3.63, 3.8) is 0 Å². The Balaban J connectivity index is 2.77. The van der Waals surface area contributed by atoms with Crippen molar-refractivity contribution >= 4 is 27.4 Å². The zero-order valence-corrected chi connectivity index (χ0v) is 24.1. The molecule has 0 radical (unpaired) electrons. The topological polar surface area (TPSA) is 123 Å². The predicted octanol–water partition coefficient (Wildman–Crippen LogP) is 5.48. The van der Waals surface area contributed by atoms with Gasteiger partial charge in [-0.2, -0.15) is 0 Å². The summed E-state index contributed by atoms with van der Waals surface area (Å²) < 4.78 is 36.9. The fourth-order valence-electron chi connectivity index (χ4n) is 4.08. The molecule has 1 aromatic carbocycles. The molecule has 0 spiro atoms. The summed E-state index contributed by atoms with van der Waals surface area (Å²) in [6, 6.07) is 1.04. The Kier molecular flexibility index (Phi) is 11.6. The van der Waals surface area contributed by atoms with Crippen molar-refractivity contribution in [3.8, 4) is 5.75 Å². The molecule has 0 aliphatic rings. The fourth-order valence-corrected chi connectivity index (χ4v) is 6.00. The lowest BCUT2D eigenvalue weighted by atomic mass is 9.97. The molecule has 8 nitrogen and oxygen atoms in total. The zero-order chi connectivity index (χ0) is 27.8. The second-order valence-corrected chi connectivity index (χ2v) is 12.8. The van der Waals surface area contributed by atoms with Crippen LogP contribution >= 0.6 is 0 Å². The molecule has 9 heteroatoms. The number of carbonyl (C=O) groups is 2. The van der Waals surface area contributed by atoms with E-state index in [4.69, 9.17) is 14.9 Å². The Morgan fingerprint density at radius 1 is 1.08 bits per heavy atom. The van der Waals surface area contributed by atoms with Crippen molar-refractivity contribution in [3.05, 3.63) is 22.8 Å². The number of carbonyl (C=O) groups excluding carboxylic acids is 2. The van der Waals surface area contributed by atoms with Crippen molar-refractivity contribution in [2.24, 2.45) is 5.92 Å². The minimum Gasteiger partial charge on any atom is -0.496 e. The monoisotopic (exact) mass is 524 g/mol. The highest BCUT2D eigenvalue weighted by Crippen LogP contribution is 2.31. The third-order valence-corrected chi connectivity index (χ3v) is 7.76. The smallest absolute Gasteiger partial charge is 0.408 e.